The molecule has 0 aromatic carbocycles. The minimum absolute atomic E-state index is 0.0347. The molecule has 0 radical (unpaired) electrons. The van der Waals surface area contributed by atoms with Crippen molar-refractivity contribution >= 4 is 12.0 Å². The lowest BCUT2D eigenvalue weighted by atomic mass is 10.2. The molecule has 1 aliphatic heterocycles. The molecule has 1 saturated heterocycles. The molecule has 1 saturated carbocycles. The van der Waals surface area contributed by atoms with Crippen LogP contribution in [0.5, 0.6) is 0 Å². The predicted octanol–water partition coefficient (Wildman–Crippen LogP) is 0.106. The topological polar surface area (TPSA) is 58.6 Å². The van der Waals surface area contributed by atoms with Crippen LogP contribution in [0.3, 0.4) is 0 Å². The van der Waals surface area contributed by atoms with E-state index in [2.05, 4.69) is 5.32 Å². The SMILES string of the molecule is CC(=O)N1CC(OC(=O)NC2CC2)C1. The average Bonchev–Trinajstić information content (AvgIpc) is 2.78. The Morgan fingerprint density at radius 1 is 1.36 bits per heavy atom. The molecule has 0 bridgehead atoms. The number of amides is 2. The number of carbonyl (C=O) groups is 2. The second kappa shape index (κ2) is 3.48. The van der Waals surface area contributed by atoms with Crippen molar-refractivity contribution in [3.63, 3.8) is 0 Å². The number of rotatable bonds is 2. The molecule has 5 heteroatoms. The first-order valence-electron chi connectivity index (χ1n) is 4.88. The molecular formula is C9H14N2O3. The fourth-order valence-corrected chi connectivity index (χ4v) is 1.35. The number of hydrogen-bond acceptors (Lipinski definition) is 3. The summed E-state index contributed by atoms with van der Waals surface area (Å²) >= 11 is 0. The van der Waals surface area contributed by atoms with Crippen LogP contribution in [0.4, 0.5) is 4.79 Å². The van der Waals surface area contributed by atoms with Crippen LogP contribution in [-0.4, -0.2) is 42.1 Å². The second-order valence-corrected chi connectivity index (χ2v) is 3.87. The molecular weight excluding hydrogens is 184 g/mol. The zero-order valence-electron chi connectivity index (χ0n) is 8.16. The molecule has 5 nitrogen and oxygen atoms in total. The summed E-state index contributed by atoms with van der Waals surface area (Å²) in [5.74, 6) is 0.0347. The van der Waals surface area contributed by atoms with Gasteiger partial charge in [-0.05, 0) is 12.8 Å². The highest BCUT2D eigenvalue weighted by molar-refractivity contribution is 5.74. The summed E-state index contributed by atoms with van der Waals surface area (Å²) in [5.41, 5.74) is 0. The van der Waals surface area contributed by atoms with Crippen molar-refractivity contribution in [2.75, 3.05) is 13.1 Å². The van der Waals surface area contributed by atoms with Crippen molar-refractivity contribution in [1.82, 2.24) is 10.2 Å². The lowest BCUT2D eigenvalue weighted by Gasteiger charge is -2.37. The van der Waals surface area contributed by atoms with Gasteiger partial charge in [-0.25, -0.2) is 4.79 Å². The van der Waals surface area contributed by atoms with Gasteiger partial charge < -0.3 is 15.0 Å². The second-order valence-electron chi connectivity index (χ2n) is 3.87. The van der Waals surface area contributed by atoms with E-state index in [1.807, 2.05) is 0 Å². The summed E-state index contributed by atoms with van der Waals surface area (Å²) in [6.45, 7) is 2.58. The monoisotopic (exact) mass is 198 g/mol. The maximum absolute atomic E-state index is 11.1. The normalized spacial score (nSPS) is 21.4. The van der Waals surface area contributed by atoms with Gasteiger partial charge in [-0.1, -0.05) is 0 Å². The summed E-state index contributed by atoms with van der Waals surface area (Å²) < 4.78 is 5.07. The number of ether oxygens (including phenoxy) is 1. The van der Waals surface area contributed by atoms with Crippen LogP contribution in [0, 0.1) is 0 Å². The highest BCUT2D eigenvalue weighted by Crippen LogP contribution is 2.19. The van der Waals surface area contributed by atoms with E-state index in [1.54, 1.807) is 4.90 Å². The third-order valence-corrected chi connectivity index (χ3v) is 2.47. The summed E-state index contributed by atoms with van der Waals surface area (Å²) in [6, 6.07) is 0.325. The summed E-state index contributed by atoms with van der Waals surface area (Å²) in [7, 11) is 0. The van der Waals surface area contributed by atoms with E-state index < -0.39 is 0 Å². The van der Waals surface area contributed by atoms with Crippen LogP contribution < -0.4 is 5.32 Å². The maximum Gasteiger partial charge on any atom is 0.407 e. The van der Waals surface area contributed by atoms with Crippen LogP contribution in [0.15, 0.2) is 0 Å². The van der Waals surface area contributed by atoms with E-state index in [0.717, 1.165) is 12.8 Å². The predicted molar refractivity (Wildman–Crippen MR) is 48.7 cm³/mol. The number of nitrogens with one attached hydrogen (secondary N) is 1. The lowest BCUT2D eigenvalue weighted by Crippen LogP contribution is -2.55. The molecule has 2 amide bonds. The largest absolute Gasteiger partial charge is 0.442 e. The number of carbonyl (C=O) groups excluding carboxylic acids is 2. The number of alkyl carbamates (subject to hydrolysis) is 1. The van der Waals surface area contributed by atoms with Crippen LogP contribution in [0.2, 0.25) is 0 Å². The third kappa shape index (κ3) is 2.16. The van der Waals surface area contributed by atoms with Gasteiger partial charge in [0.1, 0.15) is 6.10 Å². The summed E-state index contributed by atoms with van der Waals surface area (Å²) in [4.78, 5) is 23.6. The van der Waals surface area contributed by atoms with Crippen molar-refractivity contribution in [2.45, 2.75) is 31.9 Å². The van der Waals surface area contributed by atoms with Crippen LogP contribution in [-0.2, 0) is 9.53 Å². The first-order chi connectivity index (χ1) is 6.65. The minimum Gasteiger partial charge on any atom is -0.442 e. The molecule has 0 aromatic heterocycles. The minimum atomic E-state index is -0.347. The van der Waals surface area contributed by atoms with Gasteiger partial charge in [-0.2, -0.15) is 0 Å². The van der Waals surface area contributed by atoms with E-state index in [4.69, 9.17) is 4.74 Å². The molecule has 2 aliphatic rings. The number of likely N-dealkylation sites (tertiary alicyclic amines) is 1. The Morgan fingerprint density at radius 3 is 2.50 bits per heavy atom. The summed E-state index contributed by atoms with van der Waals surface area (Å²) in [6.07, 6.45) is 1.65. The molecule has 2 rings (SSSR count). The van der Waals surface area contributed by atoms with Crippen LogP contribution in [0.25, 0.3) is 0 Å². The van der Waals surface area contributed by atoms with E-state index in [9.17, 15) is 9.59 Å². The van der Waals surface area contributed by atoms with Gasteiger partial charge in [0.2, 0.25) is 5.91 Å². The highest BCUT2D eigenvalue weighted by atomic mass is 16.6. The number of nitrogens with zero attached hydrogens (tertiary/aromatic N) is 1. The van der Waals surface area contributed by atoms with Gasteiger partial charge in [-0.15, -0.1) is 0 Å². The molecule has 0 atom stereocenters. The molecule has 0 aromatic rings. The van der Waals surface area contributed by atoms with Crippen molar-refractivity contribution < 1.29 is 14.3 Å². The molecule has 1 heterocycles. The van der Waals surface area contributed by atoms with Crippen molar-refractivity contribution in [2.24, 2.45) is 0 Å². The van der Waals surface area contributed by atoms with Crippen molar-refractivity contribution in [1.29, 1.82) is 0 Å². The molecule has 0 unspecified atom stereocenters. The molecule has 78 valence electrons. The molecule has 14 heavy (non-hydrogen) atoms. The standard InChI is InChI=1S/C9H14N2O3/c1-6(12)11-4-8(5-11)14-9(13)10-7-2-3-7/h7-8H,2-5H2,1H3,(H,10,13). The molecule has 0 spiro atoms. The van der Waals surface area contributed by atoms with E-state index >= 15 is 0 Å². The van der Waals surface area contributed by atoms with Crippen LogP contribution >= 0.6 is 0 Å². The van der Waals surface area contributed by atoms with E-state index in [-0.39, 0.29) is 18.1 Å². The molecule has 1 N–H and O–H groups in total. The first kappa shape index (κ1) is 9.30. The highest BCUT2D eigenvalue weighted by Gasteiger charge is 2.33. The van der Waals surface area contributed by atoms with E-state index in [0.29, 0.717) is 19.1 Å². The Hall–Kier alpha value is -1.26. The lowest BCUT2D eigenvalue weighted by molar-refractivity contribution is -0.138. The Labute approximate surface area is 82.4 Å². The van der Waals surface area contributed by atoms with Gasteiger partial charge in [0.05, 0.1) is 13.1 Å². The van der Waals surface area contributed by atoms with E-state index in [1.165, 1.54) is 6.92 Å². The van der Waals surface area contributed by atoms with Crippen molar-refractivity contribution in [3.05, 3.63) is 0 Å². The first-order valence-corrected chi connectivity index (χ1v) is 4.88. The quantitative estimate of drug-likeness (QED) is 0.685. The Kier molecular flexibility index (Phi) is 2.31. The Morgan fingerprint density at radius 2 is 2.00 bits per heavy atom. The molecule has 1 aliphatic carbocycles. The third-order valence-electron chi connectivity index (χ3n) is 2.47. The van der Waals surface area contributed by atoms with Gasteiger partial charge >= 0.3 is 6.09 Å². The Bertz CT molecular complexity index is 257. The molecule has 2 fully saturated rings. The number of hydrogen-bond donors (Lipinski definition) is 1. The maximum atomic E-state index is 11.1. The fourth-order valence-electron chi connectivity index (χ4n) is 1.35. The van der Waals surface area contributed by atoms with Gasteiger partial charge in [0, 0.05) is 13.0 Å². The zero-order valence-corrected chi connectivity index (χ0v) is 8.16. The van der Waals surface area contributed by atoms with Gasteiger partial charge in [0.25, 0.3) is 0 Å². The fraction of sp³-hybridized carbons (Fsp3) is 0.778. The average molecular weight is 198 g/mol. The Balaban J connectivity index is 1.62. The summed E-state index contributed by atoms with van der Waals surface area (Å²) in [5, 5.41) is 2.73. The van der Waals surface area contributed by atoms with Gasteiger partial charge in [-0.3, -0.25) is 4.79 Å². The smallest absolute Gasteiger partial charge is 0.407 e. The van der Waals surface area contributed by atoms with Gasteiger partial charge in [0.15, 0.2) is 0 Å². The zero-order chi connectivity index (χ0) is 10.1. The van der Waals surface area contributed by atoms with Crippen LogP contribution in [0.1, 0.15) is 19.8 Å². The van der Waals surface area contributed by atoms with Crippen molar-refractivity contribution in [3.8, 4) is 0 Å².